The van der Waals surface area contributed by atoms with Crippen LogP contribution in [0.15, 0.2) is 42.5 Å². The lowest BCUT2D eigenvalue weighted by atomic mass is 10.1. The predicted octanol–water partition coefficient (Wildman–Crippen LogP) is 5.18. The van der Waals surface area contributed by atoms with E-state index < -0.39 is 6.04 Å². The van der Waals surface area contributed by atoms with Gasteiger partial charge in [-0.15, -0.1) is 11.8 Å². The summed E-state index contributed by atoms with van der Waals surface area (Å²) in [5.74, 6) is 0.960. The predicted molar refractivity (Wildman–Crippen MR) is 131 cm³/mol. The lowest BCUT2D eigenvalue weighted by Crippen LogP contribution is -2.52. The van der Waals surface area contributed by atoms with Gasteiger partial charge >= 0.3 is 0 Å². The van der Waals surface area contributed by atoms with E-state index in [2.05, 4.69) is 43.4 Å². The van der Waals surface area contributed by atoms with Gasteiger partial charge in [0.15, 0.2) is 0 Å². The van der Waals surface area contributed by atoms with Crippen molar-refractivity contribution >= 4 is 23.6 Å². The summed E-state index contributed by atoms with van der Waals surface area (Å²) in [5.41, 5.74) is 5.51. The fourth-order valence-corrected chi connectivity index (χ4v) is 4.40. The van der Waals surface area contributed by atoms with Crippen LogP contribution in [-0.2, 0) is 21.9 Å². The zero-order valence-corrected chi connectivity index (χ0v) is 20.7. The molecule has 5 heteroatoms. The first kappa shape index (κ1) is 25.0. The third-order valence-electron chi connectivity index (χ3n) is 4.88. The fourth-order valence-electron chi connectivity index (χ4n) is 3.56. The van der Waals surface area contributed by atoms with Gasteiger partial charge in [0, 0.05) is 17.8 Å². The van der Waals surface area contributed by atoms with E-state index in [0.717, 1.165) is 16.9 Å². The second kappa shape index (κ2) is 10.9. The van der Waals surface area contributed by atoms with Crippen LogP contribution in [-0.4, -0.2) is 34.0 Å². The summed E-state index contributed by atoms with van der Waals surface area (Å²) in [5, 5.41) is 3.01. The molecule has 2 aromatic carbocycles. The van der Waals surface area contributed by atoms with Crippen molar-refractivity contribution in [3.63, 3.8) is 0 Å². The van der Waals surface area contributed by atoms with Crippen LogP contribution in [0.3, 0.4) is 0 Å². The summed E-state index contributed by atoms with van der Waals surface area (Å²) < 4.78 is 0. The third-order valence-corrected chi connectivity index (χ3v) is 5.87. The molecule has 0 saturated carbocycles. The summed E-state index contributed by atoms with van der Waals surface area (Å²) in [6.07, 6.45) is 0. The van der Waals surface area contributed by atoms with Crippen LogP contribution in [0.2, 0.25) is 0 Å². The summed E-state index contributed by atoms with van der Waals surface area (Å²) in [6, 6.07) is 14.0. The van der Waals surface area contributed by atoms with Gasteiger partial charge in [0.05, 0.1) is 5.75 Å². The Balaban J connectivity index is 2.11. The highest BCUT2D eigenvalue weighted by molar-refractivity contribution is 7.99. The maximum absolute atomic E-state index is 13.2. The average Bonchev–Trinajstić information content (AvgIpc) is 2.63. The van der Waals surface area contributed by atoms with Crippen LogP contribution in [0.5, 0.6) is 0 Å². The standard InChI is InChI=1S/C26H36N2O2S/c1-18-9-8-10-22(12-18)15-28(21(4)25(30)27-26(5,6)7)24(29)17-31-16-23-13-19(2)11-20(3)14-23/h8-14,21H,15-17H2,1-7H3,(H,27,30)/t21-/m1/s1. The maximum atomic E-state index is 13.2. The van der Waals surface area contributed by atoms with E-state index in [9.17, 15) is 9.59 Å². The quantitative estimate of drug-likeness (QED) is 0.615. The fraction of sp³-hybridized carbons (Fsp3) is 0.462. The Kier molecular flexibility index (Phi) is 8.75. The van der Waals surface area contributed by atoms with Gasteiger partial charge in [-0.3, -0.25) is 9.59 Å². The molecule has 2 aromatic rings. The molecular formula is C26H36N2O2S. The molecule has 0 bridgehead atoms. The van der Waals surface area contributed by atoms with E-state index in [4.69, 9.17) is 0 Å². The monoisotopic (exact) mass is 440 g/mol. The van der Waals surface area contributed by atoms with Gasteiger partial charge in [-0.1, -0.05) is 59.2 Å². The van der Waals surface area contributed by atoms with Crippen molar-refractivity contribution in [2.75, 3.05) is 5.75 Å². The van der Waals surface area contributed by atoms with Crippen molar-refractivity contribution in [3.8, 4) is 0 Å². The van der Waals surface area contributed by atoms with E-state index in [0.29, 0.717) is 12.3 Å². The molecule has 0 fully saturated rings. The highest BCUT2D eigenvalue weighted by Crippen LogP contribution is 2.19. The number of aryl methyl sites for hydroxylation is 3. The number of hydrogen-bond donors (Lipinski definition) is 1. The van der Waals surface area contributed by atoms with Gasteiger partial charge in [0.1, 0.15) is 6.04 Å². The molecule has 2 amide bonds. The first-order chi connectivity index (χ1) is 14.4. The molecule has 0 aliphatic rings. The number of thioether (sulfide) groups is 1. The largest absolute Gasteiger partial charge is 0.350 e. The molecule has 0 radical (unpaired) electrons. The third kappa shape index (κ3) is 8.41. The minimum absolute atomic E-state index is 0.0209. The molecule has 4 nitrogen and oxygen atoms in total. The second-order valence-electron chi connectivity index (χ2n) is 9.41. The van der Waals surface area contributed by atoms with Gasteiger partial charge in [-0.05, 0) is 59.6 Å². The molecule has 0 saturated heterocycles. The number of carbonyl (C=O) groups excluding carboxylic acids is 2. The van der Waals surface area contributed by atoms with Gasteiger partial charge in [0.25, 0.3) is 0 Å². The normalized spacial score (nSPS) is 12.4. The Morgan fingerprint density at radius 3 is 2.16 bits per heavy atom. The van der Waals surface area contributed by atoms with E-state index in [1.165, 1.54) is 16.7 Å². The molecule has 0 unspecified atom stereocenters. The molecular weight excluding hydrogens is 404 g/mol. The van der Waals surface area contributed by atoms with Crippen molar-refractivity contribution in [1.29, 1.82) is 0 Å². The number of nitrogens with zero attached hydrogens (tertiary/aromatic N) is 1. The summed E-state index contributed by atoms with van der Waals surface area (Å²) in [7, 11) is 0. The number of hydrogen-bond acceptors (Lipinski definition) is 3. The molecule has 31 heavy (non-hydrogen) atoms. The Hall–Kier alpha value is -2.27. The van der Waals surface area contributed by atoms with E-state index in [-0.39, 0.29) is 17.4 Å². The van der Waals surface area contributed by atoms with Gasteiger partial charge in [-0.2, -0.15) is 0 Å². The van der Waals surface area contributed by atoms with Crippen LogP contribution in [0.25, 0.3) is 0 Å². The van der Waals surface area contributed by atoms with Crippen LogP contribution >= 0.6 is 11.8 Å². The lowest BCUT2D eigenvalue weighted by Gasteiger charge is -2.31. The van der Waals surface area contributed by atoms with Crippen LogP contribution < -0.4 is 5.32 Å². The first-order valence-electron chi connectivity index (χ1n) is 10.8. The van der Waals surface area contributed by atoms with E-state index in [1.54, 1.807) is 16.7 Å². The molecule has 1 atom stereocenters. The first-order valence-corrected chi connectivity index (χ1v) is 11.9. The van der Waals surface area contributed by atoms with Crippen molar-refractivity contribution in [2.45, 2.75) is 72.3 Å². The number of carbonyl (C=O) groups is 2. The minimum atomic E-state index is -0.547. The Morgan fingerprint density at radius 2 is 1.58 bits per heavy atom. The number of nitrogens with one attached hydrogen (secondary N) is 1. The van der Waals surface area contributed by atoms with Gasteiger partial charge < -0.3 is 10.2 Å². The SMILES string of the molecule is Cc1cc(C)cc(CSCC(=O)N(Cc2cccc(C)c2)[C@H](C)C(=O)NC(C)(C)C)c1. The number of benzene rings is 2. The van der Waals surface area contributed by atoms with Crippen molar-refractivity contribution < 1.29 is 9.59 Å². The van der Waals surface area contributed by atoms with Crippen LogP contribution in [0.1, 0.15) is 55.5 Å². The highest BCUT2D eigenvalue weighted by atomic mass is 32.2. The molecule has 2 rings (SSSR count). The van der Waals surface area contributed by atoms with Crippen LogP contribution in [0, 0.1) is 20.8 Å². The minimum Gasteiger partial charge on any atom is -0.350 e. The zero-order valence-electron chi connectivity index (χ0n) is 19.9. The van der Waals surface area contributed by atoms with Crippen molar-refractivity contribution in [3.05, 3.63) is 70.3 Å². The summed E-state index contributed by atoms with van der Waals surface area (Å²) in [6.45, 7) is 14.3. The smallest absolute Gasteiger partial charge is 0.242 e. The van der Waals surface area contributed by atoms with E-state index in [1.807, 2.05) is 52.8 Å². The second-order valence-corrected chi connectivity index (χ2v) is 10.4. The Labute approximate surface area is 191 Å². The molecule has 0 aromatic heterocycles. The van der Waals surface area contributed by atoms with Crippen molar-refractivity contribution in [2.24, 2.45) is 0 Å². The van der Waals surface area contributed by atoms with Crippen molar-refractivity contribution in [1.82, 2.24) is 10.2 Å². The summed E-state index contributed by atoms with van der Waals surface area (Å²) >= 11 is 1.59. The van der Waals surface area contributed by atoms with Crippen LogP contribution in [0.4, 0.5) is 0 Å². The van der Waals surface area contributed by atoms with E-state index >= 15 is 0 Å². The average molecular weight is 441 g/mol. The molecule has 0 spiro atoms. The number of rotatable bonds is 8. The molecule has 0 heterocycles. The zero-order chi connectivity index (χ0) is 23.2. The topological polar surface area (TPSA) is 49.4 Å². The lowest BCUT2D eigenvalue weighted by molar-refractivity contribution is -0.139. The maximum Gasteiger partial charge on any atom is 0.242 e. The number of amides is 2. The molecule has 1 N–H and O–H groups in total. The Bertz CT molecular complexity index is 898. The van der Waals surface area contributed by atoms with Gasteiger partial charge in [0.2, 0.25) is 11.8 Å². The molecule has 168 valence electrons. The Morgan fingerprint density at radius 1 is 0.968 bits per heavy atom. The summed E-state index contributed by atoms with van der Waals surface area (Å²) in [4.78, 5) is 27.7. The highest BCUT2D eigenvalue weighted by Gasteiger charge is 2.28. The molecule has 0 aliphatic heterocycles. The van der Waals surface area contributed by atoms with Gasteiger partial charge in [-0.25, -0.2) is 0 Å². The molecule has 0 aliphatic carbocycles.